The topological polar surface area (TPSA) is 112 Å². The van der Waals surface area contributed by atoms with E-state index in [2.05, 4.69) is 0 Å². The average molecular weight is 244 g/mol. The summed E-state index contributed by atoms with van der Waals surface area (Å²) in [5, 5.41) is 8.48. The predicted molar refractivity (Wildman–Crippen MR) is 53.9 cm³/mol. The monoisotopic (exact) mass is 244 g/mol. The number of rotatable bonds is 4. The average Bonchev–Trinajstić information content (AvgIpc) is 2.17. The molecule has 6 nitrogen and oxygen atoms in total. The first-order valence-electron chi connectivity index (χ1n) is 4.21. The Morgan fingerprint density at radius 2 is 1.62 bits per heavy atom. The number of carboxylic acid groups (broad SMARTS) is 1. The quantitative estimate of drug-likeness (QED) is 0.527. The highest BCUT2D eigenvalue weighted by Crippen LogP contribution is 2.52. The van der Waals surface area contributed by atoms with Crippen molar-refractivity contribution in [3.05, 3.63) is 35.9 Å². The van der Waals surface area contributed by atoms with Gasteiger partial charge in [0.1, 0.15) is 0 Å². The zero-order chi connectivity index (χ0) is 12.3. The Labute approximate surface area is 90.7 Å². The Morgan fingerprint density at radius 1 is 1.12 bits per heavy atom. The summed E-state index contributed by atoms with van der Waals surface area (Å²) in [7, 11) is -4.84. The van der Waals surface area contributed by atoms with Gasteiger partial charge in [0, 0.05) is 0 Å². The van der Waals surface area contributed by atoms with Crippen LogP contribution in [-0.2, 0) is 14.2 Å². The van der Waals surface area contributed by atoms with Gasteiger partial charge in [-0.3, -0.25) is 9.36 Å². The highest BCUT2D eigenvalue weighted by Gasteiger charge is 2.40. The van der Waals surface area contributed by atoms with Gasteiger partial charge in [0.2, 0.25) is 0 Å². The molecule has 0 aliphatic heterocycles. The van der Waals surface area contributed by atoms with Gasteiger partial charge in [0.05, 0.1) is 0 Å². The molecular formula is C9H9O6P. The van der Waals surface area contributed by atoms with Gasteiger partial charge >= 0.3 is 13.6 Å². The van der Waals surface area contributed by atoms with Crippen LogP contribution in [0.2, 0.25) is 0 Å². The first kappa shape index (κ1) is 12.6. The van der Waals surface area contributed by atoms with E-state index in [4.69, 9.17) is 14.9 Å². The number of ketones is 1. The first-order chi connectivity index (χ1) is 7.34. The fraction of sp³-hybridized carbons (Fsp3) is 0.111. The van der Waals surface area contributed by atoms with Crippen molar-refractivity contribution in [1.29, 1.82) is 0 Å². The van der Waals surface area contributed by atoms with Crippen molar-refractivity contribution in [1.82, 2.24) is 0 Å². The maximum atomic E-state index is 11.2. The van der Waals surface area contributed by atoms with E-state index >= 15 is 0 Å². The number of carboxylic acids is 1. The van der Waals surface area contributed by atoms with Crippen molar-refractivity contribution >= 4 is 19.3 Å². The van der Waals surface area contributed by atoms with E-state index in [1.165, 1.54) is 24.3 Å². The largest absolute Gasteiger partial charge is 0.475 e. The smallest absolute Gasteiger partial charge is 0.373 e. The molecule has 0 radical (unpaired) electrons. The first-order valence-corrected chi connectivity index (χ1v) is 5.89. The number of carbonyl (C=O) groups is 2. The molecule has 16 heavy (non-hydrogen) atoms. The van der Waals surface area contributed by atoms with Crippen LogP contribution in [0.25, 0.3) is 0 Å². The molecule has 1 aromatic rings. The SMILES string of the molecule is O=C(O)C(=O)C(c1ccccc1)P(=O)(O)O. The van der Waals surface area contributed by atoms with Crippen molar-refractivity contribution in [2.24, 2.45) is 0 Å². The summed E-state index contributed by atoms with van der Waals surface area (Å²) in [5.74, 6) is -3.38. The zero-order valence-electron chi connectivity index (χ0n) is 7.98. The van der Waals surface area contributed by atoms with E-state index in [1.54, 1.807) is 6.07 Å². The number of Topliss-reactive ketones (excluding diaryl/α,β-unsaturated/α-hetero) is 1. The van der Waals surface area contributed by atoms with Gasteiger partial charge in [-0.15, -0.1) is 0 Å². The maximum absolute atomic E-state index is 11.2. The van der Waals surface area contributed by atoms with E-state index in [0.29, 0.717) is 0 Å². The second-order valence-corrected chi connectivity index (χ2v) is 4.77. The summed E-state index contributed by atoms with van der Waals surface area (Å²) in [6.07, 6.45) is 0. The van der Waals surface area contributed by atoms with Crippen LogP contribution in [-0.4, -0.2) is 26.6 Å². The van der Waals surface area contributed by atoms with E-state index in [0.717, 1.165) is 0 Å². The molecule has 7 heteroatoms. The summed E-state index contributed by atoms with van der Waals surface area (Å²) < 4.78 is 11.1. The molecule has 0 spiro atoms. The molecule has 0 saturated carbocycles. The number of benzene rings is 1. The molecule has 0 aliphatic rings. The Kier molecular flexibility index (Phi) is 3.59. The van der Waals surface area contributed by atoms with Crippen LogP contribution in [0.15, 0.2) is 30.3 Å². The van der Waals surface area contributed by atoms with Crippen molar-refractivity contribution in [2.75, 3.05) is 0 Å². The minimum atomic E-state index is -4.84. The lowest BCUT2D eigenvalue weighted by Gasteiger charge is -2.15. The zero-order valence-corrected chi connectivity index (χ0v) is 8.87. The van der Waals surface area contributed by atoms with Crippen LogP contribution in [0.5, 0.6) is 0 Å². The second-order valence-electron chi connectivity index (χ2n) is 3.07. The van der Waals surface area contributed by atoms with Crippen molar-refractivity contribution in [2.45, 2.75) is 5.66 Å². The maximum Gasteiger partial charge on any atom is 0.373 e. The second kappa shape index (κ2) is 4.57. The van der Waals surface area contributed by atoms with Crippen LogP contribution in [0.4, 0.5) is 0 Å². The number of aliphatic carboxylic acids is 1. The molecule has 0 aromatic heterocycles. The van der Waals surface area contributed by atoms with E-state index in [1.807, 2.05) is 0 Å². The third-order valence-corrected chi connectivity index (χ3v) is 3.12. The summed E-state index contributed by atoms with van der Waals surface area (Å²) in [4.78, 5) is 39.6. The van der Waals surface area contributed by atoms with Gasteiger partial charge in [-0.25, -0.2) is 4.79 Å². The number of hydrogen-bond donors (Lipinski definition) is 3. The highest BCUT2D eigenvalue weighted by molar-refractivity contribution is 7.53. The van der Waals surface area contributed by atoms with Gasteiger partial charge in [0.25, 0.3) is 5.78 Å². The summed E-state index contributed by atoms with van der Waals surface area (Å²) in [6.45, 7) is 0. The molecule has 0 saturated heterocycles. The van der Waals surface area contributed by atoms with E-state index in [9.17, 15) is 14.2 Å². The van der Waals surface area contributed by atoms with Crippen LogP contribution in [0, 0.1) is 0 Å². The standard InChI is InChI=1S/C9H9O6P/c10-7(9(11)12)8(16(13,14)15)6-4-2-1-3-5-6/h1-5,8H,(H,11,12)(H2,13,14,15). The molecule has 0 bridgehead atoms. The molecule has 0 heterocycles. The Hall–Kier alpha value is -1.49. The molecule has 3 N–H and O–H groups in total. The third kappa shape index (κ3) is 2.76. The predicted octanol–water partition coefficient (Wildman–Crippen LogP) is 0.559. The molecule has 0 fully saturated rings. The van der Waals surface area contributed by atoms with Crippen molar-refractivity contribution in [3.8, 4) is 0 Å². The molecule has 1 unspecified atom stereocenters. The van der Waals surface area contributed by atoms with Crippen molar-refractivity contribution in [3.63, 3.8) is 0 Å². The Morgan fingerprint density at radius 3 is 2.00 bits per heavy atom. The minimum Gasteiger partial charge on any atom is -0.475 e. The van der Waals surface area contributed by atoms with Gasteiger partial charge in [-0.2, -0.15) is 0 Å². The lowest BCUT2D eigenvalue weighted by molar-refractivity contribution is -0.149. The molecule has 1 rings (SSSR count). The highest BCUT2D eigenvalue weighted by atomic mass is 31.2. The fourth-order valence-corrected chi connectivity index (χ4v) is 2.23. The van der Waals surface area contributed by atoms with Crippen molar-refractivity contribution < 1.29 is 29.0 Å². The lowest BCUT2D eigenvalue weighted by Crippen LogP contribution is -2.21. The van der Waals surface area contributed by atoms with Crippen LogP contribution >= 0.6 is 7.60 Å². The molecular weight excluding hydrogens is 235 g/mol. The van der Waals surface area contributed by atoms with Crippen LogP contribution < -0.4 is 0 Å². The summed E-state index contributed by atoms with van der Waals surface area (Å²) in [5.41, 5.74) is -1.95. The van der Waals surface area contributed by atoms with Crippen LogP contribution in [0.3, 0.4) is 0 Å². The van der Waals surface area contributed by atoms with E-state index in [-0.39, 0.29) is 5.56 Å². The molecule has 0 amide bonds. The normalized spacial score (nSPS) is 13.1. The fourth-order valence-electron chi connectivity index (χ4n) is 1.25. The van der Waals surface area contributed by atoms with Gasteiger partial charge < -0.3 is 14.9 Å². The van der Waals surface area contributed by atoms with E-state index < -0.39 is 25.0 Å². The number of hydrogen-bond acceptors (Lipinski definition) is 3. The Bertz CT molecular complexity index is 448. The lowest BCUT2D eigenvalue weighted by atomic mass is 10.1. The van der Waals surface area contributed by atoms with Gasteiger partial charge in [-0.1, -0.05) is 30.3 Å². The van der Waals surface area contributed by atoms with Crippen LogP contribution in [0.1, 0.15) is 11.2 Å². The van der Waals surface area contributed by atoms with Gasteiger partial charge in [0.15, 0.2) is 5.66 Å². The number of carbonyl (C=O) groups excluding carboxylic acids is 1. The molecule has 0 aliphatic carbocycles. The Balaban J connectivity index is 3.23. The molecule has 1 atom stereocenters. The summed E-state index contributed by atoms with van der Waals surface area (Å²) in [6, 6.07) is 7.11. The third-order valence-electron chi connectivity index (χ3n) is 1.91. The minimum absolute atomic E-state index is 0.0109. The van der Waals surface area contributed by atoms with Gasteiger partial charge in [-0.05, 0) is 5.56 Å². The molecule has 1 aromatic carbocycles. The summed E-state index contributed by atoms with van der Waals surface area (Å²) >= 11 is 0. The molecule has 86 valence electrons.